The van der Waals surface area contributed by atoms with Crippen LogP contribution in [-0.2, 0) is 6.42 Å². The van der Waals surface area contributed by atoms with E-state index >= 15 is 0 Å². The maximum Gasteiger partial charge on any atom is -0.00264 e. The zero-order valence-corrected chi connectivity index (χ0v) is 9.53. The summed E-state index contributed by atoms with van der Waals surface area (Å²) in [5, 5.41) is 0. The third kappa shape index (κ3) is 3.99. The standard InChI is InChI=1S/C15H18/c1-4-5-11-15(13(2)3)12-14-9-7-6-8-10-14/h4-11H,1,12H2,2-3H3/b11-5-. The molecule has 0 radical (unpaired) electrons. The number of hydrogen-bond donors (Lipinski definition) is 0. The van der Waals surface area contributed by atoms with Crippen LogP contribution in [0.25, 0.3) is 0 Å². The van der Waals surface area contributed by atoms with E-state index in [0.717, 1.165) is 6.42 Å². The highest BCUT2D eigenvalue weighted by atomic mass is 14.0. The van der Waals surface area contributed by atoms with Crippen molar-refractivity contribution < 1.29 is 0 Å². The summed E-state index contributed by atoms with van der Waals surface area (Å²) in [5.74, 6) is 0. The first-order valence-corrected chi connectivity index (χ1v) is 5.23. The highest BCUT2D eigenvalue weighted by Gasteiger charge is 1.97. The van der Waals surface area contributed by atoms with Crippen LogP contribution in [0.1, 0.15) is 19.4 Å². The molecule has 78 valence electrons. The van der Waals surface area contributed by atoms with E-state index in [2.05, 4.69) is 50.8 Å². The minimum absolute atomic E-state index is 0.994. The van der Waals surface area contributed by atoms with Gasteiger partial charge in [0, 0.05) is 0 Å². The normalized spacial score (nSPS) is 10.3. The molecular formula is C15H18. The van der Waals surface area contributed by atoms with Crippen LogP contribution in [-0.4, -0.2) is 0 Å². The van der Waals surface area contributed by atoms with Gasteiger partial charge in [-0.1, -0.05) is 60.7 Å². The number of allylic oxidation sites excluding steroid dienone is 5. The Hall–Kier alpha value is -1.56. The van der Waals surface area contributed by atoms with Crippen LogP contribution < -0.4 is 0 Å². The first kappa shape index (κ1) is 11.5. The third-order valence-electron chi connectivity index (χ3n) is 2.31. The van der Waals surface area contributed by atoms with Crippen molar-refractivity contribution in [2.24, 2.45) is 0 Å². The molecule has 0 heteroatoms. The van der Waals surface area contributed by atoms with Gasteiger partial charge in [-0.3, -0.25) is 0 Å². The Kier molecular flexibility index (Phi) is 4.62. The molecule has 1 aromatic rings. The lowest BCUT2D eigenvalue weighted by Gasteiger charge is -2.05. The van der Waals surface area contributed by atoms with E-state index in [-0.39, 0.29) is 0 Å². The molecule has 0 spiro atoms. The summed E-state index contributed by atoms with van der Waals surface area (Å²) in [7, 11) is 0. The molecule has 0 aliphatic rings. The van der Waals surface area contributed by atoms with Crippen molar-refractivity contribution in [3.63, 3.8) is 0 Å². The van der Waals surface area contributed by atoms with Crippen LogP contribution in [0.4, 0.5) is 0 Å². The number of benzene rings is 1. The van der Waals surface area contributed by atoms with Gasteiger partial charge < -0.3 is 0 Å². The Morgan fingerprint density at radius 3 is 2.40 bits per heavy atom. The molecule has 0 heterocycles. The Morgan fingerprint density at radius 2 is 1.87 bits per heavy atom. The average molecular weight is 198 g/mol. The van der Waals surface area contributed by atoms with Gasteiger partial charge in [0.15, 0.2) is 0 Å². The fourth-order valence-electron chi connectivity index (χ4n) is 1.40. The van der Waals surface area contributed by atoms with Gasteiger partial charge in [-0.25, -0.2) is 0 Å². The average Bonchev–Trinajstić information content (AvgIpc) is 2.25. The summed E-state index contributed by atoms with van der Waals surface area (Å²) >= 11 is 0. The quantitative estimate of drug-likeness (QED) is 0.632. The molecule has 0 bridgehead atoms. The monoisotopic (exact) mass is 198 g/mol. The molecule has 0 fully saturated rings. The van der Waals surface area contributed by atoms with Crippen molar-refractivity contribution in [2.45, 2.75) is 20.3 Å². The van der Waals surface area contributed by atoms with Crippen molar-refractivity contribution >= 4 is 0 Å². The molecule has 0 amide bonds. The van der Waals surface area contributed by atoms with Crippen molar-refractivity contribution in [3.05, 3.63) is 71.8 Å². The summed E-state index contributed by atoms with van der Waals surface area (Å²) in [6, 6.07) is 10.5. The van der Waals surface area contributed by atoms with Gasteiger partial charge in [-0.2, -0.15) is 0 Å². The maximum atomic E-state index is 3.69. The second-order valence-corrected chi connectivity index (χ2v) is 3.78. The van der Waals surface area contributed by atoms with Crippen LogP contribution in [0.2, 0.25) is 0 Å². The predicted octanol–water partition coefficient (Wildman–Crippen LogP) is 4.31. The van der Waals surface area contributed by atoms with Gasteiger partial charge >= 0.3 is 0 Å². The van der Waals surface area contributed by atoms with Gasteiger partial charge in [0.05, 0.1) is 0 Å². The van der Waals surface area contributed by atoms with Crippen LogP contribution in [0.5, 0.6) is 0 Å². The maximum absolute atomic E-state index is 3.69. The molecule has 15 heavy (non-hydrogen) atoms. The van der Waals surface area contributed by atoms with E-state index < -0.39 is 0 Å². The van der Waals surface area contributed by atoms with Crippen LogP contribution in [0.15, 0.2) is 66.3 Å². The Bertz CT molecular complexity index is 362. The topological polar surface area (TPSA) is 0 Å². The fraction of sp³-hybridized carbons (Fsp3) is 0.200. The molecule has 1 rings (SSSR count). The first-order chi connectivity index (χ1) is 7.24. The molecule has 0 unspecified atom stereocenters. The Morgan fingerprint density at radius 1 is 1.20 bits per heavy atom. The van der Waals surface area contributed by atoms with E-state index in [0.29, 0.717) is 0 Å². The van der Waals surface area contributed by atoms with Crippen molar-refractivity contribution in [3.8, 4) is 0 Å². The molecule has 0 aliphatic heterocycles. The van der Waals surface area contributed by atoms with Gasteiger partial charge in [-0.05, 0) is 31.4 Å². The lowest BCUT2D eigenvalue weighted by atomic mass is 10.0. The molecule has 0 saturated carbocycles. The second kappa shape index (κ2) is 6.02. The minimum Gasteiger partial charge on any atom is -0.0991 e. The van der Waals surface area contributed by atoms with E-state index in [4.69, 9.17) is 0 Å². The summed E-state index contributed by atoms with van der Waals surface area (Å²) in [6.45, 7) is 7.98. The second-order valence-electron chi connectivity index (χ2n) is 3.78. The lowest BCUT2D eigenvalue weighted by molar-refractivity contribution is 1.14. The SMILES string of the molecule is C=C/C=C\C(Cc1ccccc1)=C(C)C. The molecule has 0 nitrogen and oxygen atoms in total. The van der Waals surface area contributed by atoms with Gasteiger partial charge in [-0.15, -0.1) is 0 Å². The highest BCUT2D eigenvalue weighted by Crippen LogP contribution is 2.13. The number of rotatable bonds is 4. The van der Waals surface area contributed by atoms with Gasteiger partial charge in [0.2, 0.25) is 0 Å². The molecule has 0 aromatic heterocycles. The molecule has 0 N–H and O–H groups in total. The molecule has 0 saturated heterocycles. The van der Waals surface area contributed by atoms with E-state index in [1.165, 1.54) is 16.7 Å². The predicted molar refractivity (Wildman–Crippen MR) is 67.9 cm³/mol. The lowest BCUT2D eigenvalue weighted by Crippen LogP contribution is -1.89. The summed E-state index contributed by atoms with van der Waals surface area (Å²) in [4.78, 5) is 0. The smallest absolute Gasteiger partial charge is 0.00264 e. The molecule has 1 aromatic carbocycles. The fourth-order valence-corrected chi connectivity index (χ4v) is 1.40. The highest BCUT2D eigenvalue weighted by molar-refractivity contribution is 5.32. The van der Waals surface area contributed by atoms with E-state index in [1.807, 2.05) is 18.2 Å². The molecule has 0 aliphatic carbocycles. The van der Waals surface area contributed by atoms with Crippen LogP contribution >= 0.6 is 0 Å². The van der Waals surface area contributed by atoms with E-state index in [9.17, 15) is 0 Å². The van der Waals surface area contributed by atoms with Gasteiger partial charge in [0.25, 0.3) is 0 Å². The van der Waals surface area contributed by atoms with Crippen molar-refractivity contribution in [1.82, 2.24) is 0 Å². The Labute approximate surface area is 92.6 Å². The minimum atomic E-state index is 0.994. The Balaban J connectivity index is 2.82. The zero-order chi connectivity index (χ0) is 11.1. The molecule has 0 atom stereocenters. The summed E-state index contributed by atoms with van der Waals surface area (Å²) < 4.78 is 0. The summed E-state index contributed by atoms with van der Waals surface area (Å²) in [5.41, 5.74) is 4.07. The first-order valence-electron chi connectivity index (χ1n) is 5.23. The third-order valence-corrected chi connectivity index (χ3v) is 2.31. The van der Waals surface area contributed by atoms with E-state index in [1.54, 1.807) is 0 Å². The number of hydrogen-bond acceptors (Lipinski definition) is 0. The van der Waals surface area contributed by atoms with Crippen LogP contribution in [0.3, 0.4) is 0 Å². The van der Waals surface area contributed by atoms with Crippen molar-refractivity contribution in [2.75, 3.05) is 0 Å². The molecular weight excluding hydrogens is 180 g/mol. The van der Waals surface area contributed by atoms with Crippen molar-refractivity contribution in [1.29, 1.82) is 0 Å². The largest absolute Gasteiger partial charge is 0.0991 e. The van der Waals surface area contributed by atoms with Crippen LogP contribution in [0, 0.1) is 0 Å². The summed E-state index contributed by atoms with van der Waals surface area (Å²) in [6.07, 6.45) is 6.93. The zero-order valence-electron chi connectivity index (χ0n) is 9.53. The van der Waals surface area contributed by atoms with Gasteiger partial charge in [0.1, 0.15) is 0 Å².